The van der Waals surface area contributed by atoms with Crippen molar-refractivity contribution < 1.29 is 78.2 Å². The van der Waals surface area contributed by atoms with E-state index in [2.05, 4.69) is 66.6 Å². The molecule has 7 amide bonds. The summed E-state index contributed by atoms with van der Waals surface area (Å²) in [6.45, 7) is 9.95. The van der Waals surface area contributed by atoms with Crippen LogP contribution in [0.4, 0.5) is 32.6 Å². The number of aliphatic carboxylic acids is 1. The molecule has 0 aliphatic carbocycles. The van der Waals surface area contributed by atoms with Gasteiger partial charge >= 0.3 is 18.2 Å². The summed E-state index contributed by atoms with van der Waals surface area (Å²) in [7, 11) is 0. The van der Waals surface area contributed by atoms with E-state index in [-0.39, 0.29) is 50.7 Å². The molecule has 0 saturated carbocycles. The van der Waals surface area contributed by atoms with Gasteiger partial charge in [-0.25, -0.2) is 24.4 Å². The van der Waals surface area contributed by atoms with Gasteiger partial charge in [-0.2, -0.15) is 0 Å². The Morgan fingerprint density at radius 1 is 0.482 bits per heavy atom. The first-order chi connectivity index (χ1) is 54.9. The van der Waals surface area contributed by atoms with Crippen molar-refractivity contribution in [1.29, 1.82) is 0 Å². The largest absolute Gasteiger partial charge is 0.479 e. The van der Waals surface area contributed by atoms with Crippen molar-refractivity contribution >= 4 is 120 Å². The number of rotatable bonds is 30. The van der Waals surface area contributed by atoms with Crippen LogP contribution in [-0.4, -0.2) is 165 Å². The highest BCUT2D eigenvalue weighted by atomic mass is 32.1. The minimum Gasteiger partial charge on any atom is -0.479 e. The molecule has 30 nitrogen and oxygen atoms in total. The first-order valence-electron chi connectivity index (χ1n) is 37.4. The highest BCUT2D eigenvalue weighted by Crippen LogP contribution is 2.39. The van der Waals surface area contributed by atoms with E-state index >= 15 is 0 Å². The Kier molecular flexibility index (Phi) is 36.9. The summed E-state index contributed by atoms with van der Waals surface area (Å²) >= 11 is 2.50. The number of alkyl carbamates (subject to hydrolysis) is 2. The molecule has 2 aliphatic heterocycles. The van der Waals surface area contributed by atoms with Gasteiger partial charge in [0.1, 0.15) is 68.4 Å². The molecule has 5 aromatic carbocycles. The van der Waals surface area contributed by atoms with Crippen LogP contribution in [0.3, 0.4) is 0 Å². The van der Waals surface area contributed by atoms with Crippen LogP contribution < -0.4 is 64.6 Å². The van der Waals surface area contributed by atoms with Gasteiger partial charge in [-0.1, -0.05) is 185 Å². The van der Waals surface area contributed by atoms with Crippen LogP contribution in [0.1, 0.15) is 124 Å². The normalized spacial score (nSPS) is 13.5. The minimum atomic E-state index is -1.63. The molecule has 2 fully saturated rings. The van der Waals surface area contributed by atoms with E-state index < -0.39 is 60.3 Å². The molecule has 9 aromatic rings. The number of Topliss-reactive ketones (excluding diaryl/α,β-unsaturated/α-hetero) is 1. The molecule has 4 atom stereocenters. The third-order valence-corrected chi connectivity index (χ3v) is 20.1. The quantitative estimate of drug-likeness (QED) is 0.0210. The first-order valence-corrected chi connectivity index (χ1v) is 39.1. The lowest BCUT2D eigenvalue weighted by Crippen LogP contribution is -2.47. The SMILES string of the molecule is CCC(O)C(=O)NCc1ccccc1.CCCc1cc(N2CCC(=O)CC2)nc2sc(C(N)=O)c(N)c12.CCCc1cc(N2CCC(NCC(O)C(=O)NCc3ccccc3)CC2)nc2sc(C(N)=O)c(N)c12.O=C(NCC(O)C(=O)NCc1ccccc1)OCc1ccccc1.O=C(NCC(O)C(=O)O)OCc1ccccc1. The Labute approximate surface area is 669 Å². The van der Waals surface area contributed by atoms with Crippen LogP contribution in [0.15, 0.2) is 164 Å². The van der Waals surface area contributed by atoms with Crippen LogP contribution in [0.2, 0.25) is 0 Å². The Morgan fingerprint density at radius 2 is 0.825 bits per heavy atom. The van der Waals surface area contributed by atoms with Gasteiger partial charge in [-0.15, -0.1) is 22.7 Å². The highest BCUT2D eigenvalue weighted by molar-refractivity contribution is 7.21. The second kappa shape index (κ2) is 47.0. The van der Waals surface area contributed by atoms with Gasteiger partial charge in [0.25, 0.3) is 17.7 Å². The molecule has 2 aliphatic rings. The molecule has 4 unspecified atom stereocenters. The fourth-order valence-electron chi connectivity index (χ4n) is 11.6. The molecule has 608 valence electrons. The Morgan fingerprint density at radius 3 is 1.18 bits per heavy atom. The molecule has 6 heterocycles. The van der Waals surface area contributed by atoms with Gasteiger partial charge in [0.2, 0.25) is 11.8 Å². The van der Waals surface area contributed by atoms with Gasteiger partial charge in [0.05, 0.1) is 24.5 Å². The number of nitrogens with zero attached hydrogens (tertiary/aromatic N) is 4. The van der Waals surface area contributed by atoms with Crippen molar-refractivity contribution in [2.75, 3.05) is 67.1 Å². The number of nitrogens with one attached hydrogen (secondary N) is 6. The van der Waals surface area contributed by atoms with Gasteiger partial charge in [-0.05, 0) is 83.2 Å². The Bertz CT molecular complexity index is 4570. The summed E-state index contributed by atoms with van der Waals surface area (Å²) in [5.74, 6) is -1.65. The lowest BCUT2D eigenvalue weighted by Gasteiger charge is -2.34. The molecule has 4 aromatic heterocycles. The van der Waals surface area contributed by atoms with Crippen LogP contribution in [0, 0.1) is 0 Å². The smallest absolute Gasteiger partial charge is 0.407 e. The number of amides is 7. The third kappa shape index (κ3) is 29.1. The molecule has 32 heteroatoms. The predicted octanol–water partition coefficient (Wildman–Crippen LogP) is 7.29. The number of primary amides is 2. The lowest BCUT2D eigenvalue weighted by atomic mass is 10.0. The van der Waals surface area contributed by atoms with Crippen molar-refractivity contribution in [1.82, 2.24) is 41.9 Å². The van der Waals surface area contributed by atoms with Crippen LogP contribution in [0.5, 0.6) is 0 Å². The summed E-state index contributed by atoms with van der Waals surface area (Å²) in [5, 5.41) is 64.0. The number of hydrogen-bond acceptors (Lipinski definition) is 24. The standard InChI is InChI=1S/C26H34N6O3S.C18H20N2O4.C16H20N4O2S.C11H13NO5.C11H15NO2/c1-2-6-17-13-20(31-26-21(17)22(27)23(36-26)24(28)34)32-11-9-18(10-12-32)29-15-19(33)25(35)30-14-16-7-4-3-5-8-16;21-16(17(22)19-11-14-7-3-1-4-8-14)12-20-18(23)24-13-15-9-5-2-6-10-15;1-2-3-9-8-11(20-6-4-10(21)5-7-20)19-16-12(9)13(17)14(23-16)15(18)22;13-9(10(14)15)6-12-11(16)17-7-8-4-2-1-3-5-8;1-2-10(13)11(14)12-8-9-6-4-3-5-7-9/h3-5,7-8,13,18-19,29,33H,2,6,9-12,14-15,27H2,1H3,(H2,28,34)(H,30,35);1-10,16,21H,11-13H2,(H,19,22)(H,20,23);8H,2-7,17H2,1H3,(H2,18,22);1-5,9,13H,6-7H2,(H,12,16)(H,14,15);3-7,10,13H,2,8H2,1H3,(H,12,14). The summed E-state index contributed by atoms with van der Waals surface area (Å²) in [4.78, 5) is 119. The number of aryl methyl sites for hydroxylation is 2. The molecule has 11 rings (SSSR count). The second-order valence-corrected chi connectivity index (χ2v) is 28.6. The third-order valence-electron chi connectivity index (χ3n) is 17.9. The van der Waals surface area contributed by atoms with Crippen LogP contribution >= 0.6 is 22.7 Å². The van der Waals surface area contributed by atoms with E-state index in [0.717, 1.165) is 123 Å². The van der Waals surface area contributed by atoms with Gasteiger partial charge < -0.3 is 99.6 Å². The summed E-state index contributed by atoms with van der Waals surface area (Å²) in [6.07, 6.45) is 0.497. The number of aliphatic hydroxyl groups excluding tert-OH is 4. The zero-order chi connectivity index (χ0) is 82.5. The number of ether oxygens (including phenoxy) is 2. The number of carboxylic acids is 1. The number of benzene rings is 5. The average Bonchev–Trinajstić information content (AvgIpc) is 1.61. The predicted molar refractivity (Wildman–Crippen MR) is 439 cm³/mol. The molecular formula is C82H102N14O16S2. The number of ketones is 1. The number of carboxylic acid groups (broad SMARTS) is 1. The van der Waals surface area contributed by atoms with Gasteiger partial charge in [0, 0.05) is 82.0 Å². The second-order valence-electron chi connectivity index (χ2n) is 26.6. The van der Waals surface area contributed by atoms with Gasteiger partial charge in [0.15, 0.2) is 6.10 Å². The number of pyridine rings is 2. The minimum absolute atomic E-state index is 0.0931. The van der Waals surface area contributed by atoms with Crippen molar-refractivity contribution in [2.24, 2.45) is 11.5 Å². The van der Waals surface area contributed by atoms with E-state index in [0.29, 0.717) is 78.9 Å². The van der Waals surface area contributed by atoms with Gasteiger partial charge in [-0.3, -0.25) is 28.8 Å². The fourth-order valence-corrected chi connectivity index (χ4v) is 13.6. The number of nitrogen functional groups attached to an aromatic ring is 2. The number of anilines is 4. The molecule has 0 bridgehead atoms. The summed E-state index contributed by atoms with van der Waals surface area (Å²) < 4.78 is 9.80. The number of aliphatic hydroxyl groups is 4. The number of nitrogens with two attached hydrogens (primary N) is 4. The Hall–Kier alpha value is -11.7. The molecule has 0 radical (unpaired) electrons. The van der Waals surface area contributed by atoms with E-state index in [1.807, 2.05) is 146 Å². The number of fused-ring (bicyclic) bond motifs is 2. The number of carbonyl (C=O) groups excluding carboxylic acids is 8. The van der Waals surface area contributed by atoms with Crippen molar-refractivity contribution in [2.45, 2.75) is 142 Å². The van der Waals surface area contributed by atoms with Crippen molar-refractivity contribution in [3.05, 3.63) is 212 Å². The van der Waals surface area contributed by atoms with Crippen LogP contribution in [0.25, 0.3) is 20.4 Å². The Balaban J connectivity index is 0.000000205. The number of aromatic nitrogens is 2. The molecule has 0 spiro atoms. The zero-order valence-corrected chi connectivity index (χ0v) is 65.6. The molecule has 114 heavy (non-hydrogen) atoms. The molecule has 2 saturated heterocycles. The molecular weight excluding hydrogens is 1500 g/mol. The number of hydrogen-bond donors (Lipinski definition) is 15. The highest BCUT2D eigenvalue weighted by Gasteiger charge is 2.27. The fraction of sp³-hybridized carbons (Fsp3) is 0.354. The summed E-state index contributed by atoms with van der Waals surface area (Å²) in [6, 6.07) is 51.2. The monoisotopic (exact) mass is 1600 g/mol. The van der Waals surface area contributed by atoms with Crippen molar-refractivity contribution in [3.63, 3.8) is 0 Å². The van der Waals surface area contributed by atoms with E-state index in [1.165, 1.54) is 22.7 Å². The lowest BCUT2D eigenvalue weighted by molar-refractivity contribution is -0.146. The van der Waals surface area contributed by atoms with E-state index in [1.54, 1.807) is 19.1 Å². The number of piperidine rings is 2. The number of thiophene rings is 2. The number of carbonyl (C=O) groups is 9. The molecule has 19 N–H and O–H groups in total. The van der Waals surface area contributed by atoms with E-state index in [4.69, 9.17) is 47.6 Å². The topological polar surface area (TPSA) is 482 Å². The van der Waals surface area contributed by atoms with Crippen LogP contribution in [-0.2, 0) is 79.1 Å². The maximum Gasteiger partial charge on any atom is 0.407 e. The average molecular weight is 1600 g/mol. The summed E-state index contributed by atoms with van der Waals surface area (Å²) in [5.41, 5.74) is 31.0. The first kappa shape index (κ1) is 89.6. The zero-order valence-electron chi connectivity index (χ0n) is 64.0. The maximum absolute atomic E-state index is 12.2. The maximum atomic E-state index is 12.2. The van der Waals surface area contributed by atoms with Crippen molar-refractivity contribution in [3.8, 4) is 0 Å². The van der Waals surface area contributed by atoms with E-state index in [9.17, 15) is 58.5 Å².